The van der Waals surface area contributed by atoms with Gasteiger partial charge in [-0.1, -0.05) is 66.7 Å². The van der Waals surface area contributed by atoms with E-state index in [4.69, 9.17) is 14.9 Å². The average molecular weight is 525 g/mol. The summed E-state index contributed by atoms with van der Waals surface area (Å²) < 4.78 is 7.62. The number of ether oxygens (including phenoxy) is 1. The van der Waals surface area contributed by atoms with Gasteiger partial charge < -0.3 is 4.74 Å². The summed E-state index contributed by atoms with van der Waals surface area (Å²) in [6.07, 6.45) is 3.87. The molecule has 6 rings (SSSR count). The minimum Gasteiger partial charge on any atom is -0.494 e. The minimum atomic E-state index is -0.189. The Morgan fingerprint density at radius 3 is 2.10 bits per heavy atom. The number of hydrogen-bond donors (Lipinski definition) is 0. The van der Waals surface area contributed by atoms with Gasteiger partial charge in [0.1, 0.15) is 11.5 Å². The van der Waals surface area contributed by atoms with Gasteiger partial charge in [0.25, 0.3) is 5.91 Å². The third-order valence-corrected chi connectivity index (χ3v) is 6.74. The van der Waals surface area contributed by atoms with Gasteiger partial charge in [0.15, 0.2) is 0 Å². The number of anilines is 1. The lowest BCUT2D eigenvalue weighted by Crippen LogP contribution is -2.21. The summed E-state index contributed by atoms with van der Waals surface area (Å²) in [7, 11) is 0. The minimum absolute atomic E-state index is 0.189. The van der Waals surface area contributed by atoms with E-state index >= 15 is 0 Å². The second-order valence-corrected chi connectivity index (χ2v) is 9.45. The number of aryl methyl sites for hydroxylation is 1. The number of nitrogens with zero attached hydrogens (tertiary/aromatic N) is 4. The number of hydrazone groups is 1. The molecule has 196 valence electrons. The summed E-state index contributed by atoms with van der Waals surface area (Å²) in [4.78, 5) is 13.9. The Balaban J connectivity index is 1.51. The summed E-state index contributed by atoms with van der Waals surface area (Å²) in [5, 5.41) is 11.2. The number of carbonyl (C=O) groups is 1. The molecule has 1 aromatic heterocycles. The Hall–Kier alpha value is -5.23. The highest BCUT2D eigenvalue weighted by Gasteiger charge is 2.32. The van der Waals surface area contributed by atoms with Crippen LogP contribution in [0.25, 0.3) is 23.0 Å². The van der Waals surface area contributed by atoms with Crippen LogP contribution in [0.3, 0.4) is 0 Å². The first-order chi connectivity index (χ1) is 19.6. The Kier molecular flexibility index (Phi) is 6.81. The van der Waals surface area contributed by atoms with Crippen molar-refractivity contribution < 1.29 is 9.53 Å². The van der Waals surface area contributed by atoms with Gasteiger partial charge in [0.05, 0.1) is 29.2 Å². The van der Waals surface area contributed by atoms with Crippen LogP contribution in [0.4, 0.5) is 5.69 Å². The smallest absolute Gasteiger partial charge is 0.281 e. The van der Waals surface area contributed by atoms with Crippen molar-refractivity contribution in [3.63, 3.8) is 0 Å². The molecular formula is C34H28N4O2. The molecule has 1 aliphatic rings. The number of benzene rings is 4. The highest BCUT2D eigenvalue weighted by molar-refractivity contribution is 6.37. The molecule has 5 aromatic rings. The first-order valence-electron chi connectivity index (χ1n) is 13.3. The zero-order chi connectivity index (χ0) is 27.5. The van der Waals surface area contributed by atoms with Gasteiger partial charge in [-0.3, -0.25) is 4.79 Å². The molecule has 0 aliphatic carbocycles. The fourth-order valence-corrected chi connectivity index (χ4v) is 4.80. The van der Waals surface area contributed by atoms with E-state index in [1.54, 1.807) is 0 Å². The van der Waals surface area contributed by atoms with E-state index in [2.05, 4.69) is 6.07 Å². The number of para-hydroxylation sites is 2. The normalized spacial score (nSPS) is 14.1. The quantitative estimate of drug-likeness (QED) is 0.214. The fraction of sp³-hybridized carbons (Fsp3) is 0.0882. The molecule has 0 spiro atoms. The third-order valence-electron chi connectivity index (χ3n) is 6.74. The fourth-order valence-electron chi connectivity index (χ4n) is 4.80. The molecule has 1 aliphatic heterocycles. The molecule has 1 amide bonds. The maximum absolute atomic E-state index is 13.9. The Morgan fingerprint density at radius 1 is 0.800 bits per heavy atom. The molecule has 0 saturated carbocycles. The van der Waals surface area contributed by atoms with E-state index in [0.717, 1.165) is 39.4 Å². The zero-order valence-corrected chi connectivity index (χ0v) is 22.4. The highest BCUT2D eigenvalue weighted by atomic mass is 16.5. The summed E-state index contributed by atoms with van der Waals surface area (Å²) in [5.41, 5.74) is 7.17. The largest absolute Gasteiger partial charge is 0.494 e. The number of carbonyl (C=O) groups excluding carboxylic acids is 1. The maximum atomic E-state index is 13.9. The van der Waals surface area contributed by atoms with Crippen LogP contribution in [0.5, 0.6) is 5.75 Å². The standard InChI is InChI=1S/C34H28N4O2/c1-3-40-31-20-19-26(21-24(31)2)32-27(23-37(35-32)28-15-9-5-10-16-28)22-30-33(25-13-7-4-8-14-25)36-38(34(30)39)29-17-11-6-12-18-29/h4-23H,3H2,1-2H3. The first-order valence-corrected chi connectivity index (χ1v) is 13.3. The molecular weight excluding hydrogens is 496 g/mol. The molecule has 2 heterocycles. The molecule has 4 aromatic carbocycles. The second-order valence-electron chi connectivity index (χ2n) is 9.45. The van der Waals surface area contributed by atoms with Crippen molar-refractivity contribution in [2.24, 2.45) is 5.10 Å². The van der Waals surface area contributed by atoms with Crippen molar-refractivity contribution in [3.05, 3.63) is 138 Å². The van der Waals surface area contributed by atoms with Crippen molar-refractivity contribution in [2.75, 3.05) is 11.6 Å². The van der Waals surface area contributed by atoms with Crippen molar-refractivity contribution in [1.82, 2.24) is 9.78 Å². The van der Waals surface area contributed by atoms with Gasteiger partial charge in [0.2, 0.25) is 0 Å². The van der Waals surface area contributed by atoms with Gasteiger partial charge in [-0.15, -0.1) is 0 Å². The molecule has 6 nitrogen and oxygen atoms in total. The van der Waals surface area contributed by atoms with E-state index in [1.165, 1.54) is 5.01 Å². The van der Waals surface area contributed by atoms with Crippen LogP contribution in [0.15, 0.2) is 126 Å². The van der Waals surface area contributed by atoms with Crippen LogP contribution in [0, 0.1) is 6.92 Å². The number of aromatic nitrogens is 2. The summed E-state index contributed by atoms with van der Waals surface area (Å²) in [6, 6.07) is 35.3. The Bertz CT molecular complexity index is 1720. The number of amides is 1. The van der Waals surface area contributed by atoms with E-state index in [1.807, 2.05) is 134 Å². The molecule has 40 heavy (non-hydrogen) atoms. The maximum Gasteiger partial charge on any atom is 0.281 e. The molecule has 0 N–H and O–H groups in total. The average Bonchev–Trinajstić information content (AvgIpc) is 3.57. The predicted molar refractivity (Wildman–Crippen MR) is 160 cm³/mol. The monoisotopic (exact) mass is 524 g/mol. The first kappa shape index (κ1) is 25.1. The Labute approximate surface area is 233 Å². The van der Waals surface area contributed by atoms with Gasteiger partial charge in [-0.05, 0) is 68.0 Å². The molecule has 0 atom stereocenters. The highest BCUT2D eigenvalue weighted by Crippen LogP contribution is 2.33. The predicted octanol–water partition coefficient (Wildman–Crippen LogP) is 7.08. The number of rotatable bonds is 7. The Morgan fingerprint density at radius 2 is 1.45 bits per heavy atom. The van der Waals surface area contributed by atoms with Gasteiger partial charge in [0, 0.05) is 22.9 Å². The summed E-state index contributed by atoms with van der Waals surface area (Å²) in [6.45, 7) is 4.60. The van der Waals surface area contributed by atoms with Gasteiger partial charge in [-0.2, -0.15) is 15.2 Å². The van der Waals surface area contributed by atoms with Crippen molar-refractivity contribution in [2.45, 2.75) is 13.8 Å². The van der Waals surface area contributed by atoms with Crippen LogP contribution >= 0.6 is 0 Å². The lowest BCUT2D eigenvalue weighted by molar-refractivity contribution is -0.114. The van der Waals surface area contributed by atoms with E-state index in [-0.39, 0.29) is 5.91 Å². The van der Waals surface area contributed by atoms with Crippen molar-refractivity contribution in [3.8, 4) is 22.7 Å². The van der Waals surface area contributed by atoms with E-state index in [9.17, 15) is 4.79 Å². The topological polar surface area (TPSA) is 59.7 Å². The van der Waals surface area contributed by atoms with Crippen LogP contribution in [0.1, 0.15) is 23.6 Å². The molecule has 0 bridgehead atoms. The summed E-state index contributed by atoms with van der Waals surface area (Å²) >= 11 is 0. The van der Waals surface area contributed by atoms with E-state index < -0.39 is 0 Å². The van der Waals surface area contributed by atoms with E-state index in [0.29, 0.717) is 23.6 Å². The molecule has 0 unspecified atom stereocenters. The van der Waals surface area contributed by atoms with Gasteiger partial charge in [-0.25, -0.2) is 4.68 Å². The van der Waals surface area contributed by atoms with Crippen LogP contribution < -0.4 is 9.75 Å². The van der Waals surface area contributed by atoms with Crippen LogP contribution in [-0.4, -0.2) is 28.0 Å². The zero-order valence-electron chi connectivity index (χ0n) is 22.4. The molecule has 0 saturated heterocycles. The van der Waals surface area contributed by atoms with Crippen molar-refractivity contribution >= 4 is 23.4 Å². The van der Waals surface area contributed by atoms with Crippen molar-refractivity contribution in [1.29, 1.82) is 0 Å². The van der Waals surface area contributed by atoms with Crippen LogP contribution in [-0.2, 0) is 4.79 Å². The molecule has 0 fully saturated rings. The SMILES string of the molecule is CCOc1ccc(-c2nn(-c3ccccc3)cc2C=C2C(=O)N(c3ccccc3)N=C2c2ccccc2)cc1C. The summed E-state index contributed by atoms with van der Waals surface area (Å²) in [5.74, 6) is 0.656. The lowest BCUT2D eigenvalue weighted by Gasteiger charge is -2.11. The third kappa shape index (κ3) is 4.83. The van der Waals surface area contributed by atoms with Gasteiger partial charge >= 0.3 is 0 Å². The molecule has 0 radical (unpaired) electrons. The second kappa shape index (κ2) is 10.9. The number of hydrogen-bond acceptors (Lipinski definition) is 4. The lowest BCUT2D eigenvalue weighted by atomic mass is 9.98. The van der Waals surface area contributed by atoms with Crippen LogP contribution in [0.2, 0.25) is 0 Å². The molecule has 6 heteroatoms.